The molecule has 2 fully saturated rings. The fraction of sp³-hybridized carbons (Fsp3) is 0.900. The van der Waals surface area contributed by atoms with Crippen LogP contribution in [-0.4, -0.2) is 36.0 Å². The van der Waals surface area contributed by atoms with E-state index in [1.807, 2.05) is 7.05 Å². The lowest BCUT2D eigenvalue weighted by atomic mass is 9.77. The van der Waals surface area contributed by atoms with Gasteiger partial charge in [-0.1, -0.05) is 0 Å². The number of nitrogens with one attached hydrogen (secondary N) is 1. The molecule has 0 bridgehead atoms. The van der Waals surface area contributed by atoms with E-state index in [4.69, 9.17) is 0 Å². The zero-order chi connectivity index (χ0) is 9.47. The Balaban J connectivity index is 2.06. The predicted octanol–water partition coefficient (Wildman–Crippen LogP) is 0.749. The summed E-state index contributed by atoms with van der Waals surface area (Å²) in [5, 5.41) is 3.07. The highest BCUT2D eigenvalue weighted by Crippen LogP contribution is 2.39. The topological polar surface area (TPSA) is 32.3 Å². The Morgan fingerprint density at radius 1 is 1.54 bits per heavy atom. The van der Waals surface area contributed by atoms with Crippen molar-refractivity contribution in [3.8, 4) is 0 Å². The summed E-state index contributed by atoms with van der Waals surface area (Å²) in [6.45, 7) is 3.16. The van der Waals surface area contributed by atoms with Crippen molar-refractivity contribution in [2.45, 2.75) is 44.2 Å². The Morgan fingerprint density at radius 2 is 2.23 bits per heavy atom. The molecule has 74 valence electrons. The third-order valence-corrected chi connectivity index (χ3v) is 3.64. The molecule has 2 rings (SSSR count). The van der Waals surface area contributed by atoms with Crippen LogP contribution in [0.4, 0.5) is 0 Å². The summed E-state index contributed by atoms with van der Waals surface area (Å²) < 4.78 is 0. The van der Waals surface area contributed by atoms with Crippen molar-refractivity contribution in [2.75, 3.05) is 13.6 Å². The zero-order valence-corrected chi connectivity index (χ0v) is 8.47. The maximum atomic E-state index is 11.8. The third-order valence-electron chi connectivity index (χ3n) is 3.64. The second kappa shape index (κ2) is 2.98. The second-order valence-electron chi connectivity index (χ2n) is 4.47. The molecule has 0 aromatic carbocycles. The van der Waals surface area contributed by atoms with Crippen molar-refractivity contribution >= 4 is 5.91 Å². The van der Waals surface area contributed by atoms with Crippen LogP contribution in [0.25, 0.3) is 0 Å². The minimum absolute atomic E-state index is 0.0809. The molecule has 0 spiro atoms. The number of likely N-dealkylation sites (tertiary alicyclic amines) is 1. The average Bonchev–Trinajstić information content (AvgIpc) is 2.43. The van der Waals surface area contributed by atoms with Crippen molar-refractivity contribution in [1.82, 2.24) is 10.2 Å². The van der Waals surface area contributed by atoms with Crippen LogP contribution in [0.3, 0.4) is 0 Å². The van der Waals surface area contributed by atoms with Crippen molar-refractivity contribution < 1.29 is 4.79 Å². The molecule has 1 heterocycles. The molecule has 1 aliphatic carbocycles. The fourth-order valence-corrected chi connectivity index (χ4v) is 2.44. The highest BCUT2D eigenvalue weighted by molar-refractivity contribution is 5.84. The van der Waals surface area contributed by atoms with Crippen LogP contribution in [0.5, 0.6) is 0 Å². The molecule has 1 saturated heterocycles. The zero-order valence-electron chi connectivity index (χ0n) is 8.47. The van der Waals surface area contributed by atoms with Gasteiger partial charge in [0.1, 0.15) is 0 Å². The van der Waals surface area contributed by atoms with E-state index in [0.717, 1.165) is 13.0 Å². The van der Waals surface area contributed by atoms with Crippen molar-refractivity contribution in [1.29, 1.82) is 0 Å². The van der Waals surface area contributed by atoms with Crippen LogP contribution in [0.2, 0.25) is 0 Å². The number of nitrogens with zero attached hydrogens (tertiary/aromatic N) is 1. The highest BCUT2D eigenvalue weighted by Gasteiger charge is 2.45. The van der Waals surface area contributed by atoms with Gasteiger partial charge in [0.15, 0.2) is 0 Å². The molecular formula is C10H18N2O. The van der Waals surface area contributed by atoms with Gasteiger partial charge in [-0.3, -0.25) is 4.79 Å². The van der Waals surface area contributed by atoms with E-state index < -0.39 is 0 Å². The summed E-state index contributed by atoms with van der Waals surface area (Å²) in [7, 11) is 1.87. The summed E-state index contributed by atoms with van der Waals surface area (Å²) in [6.07, 6.45) is 4.64. The molecule has 13 heavy (non-hydrogen) atoms. The lowest BCUT2D eigenvalue weighted by molar-refractivity contribution is -0.137. The molecular weight excluding hydrogens is 164 g/mol. The van der Waals surface area contributed by atoms with E-state index in [2.05, 4.69) is 17.1 Å². The lowest BCUT2D eigenvalue weighted by Crippen LogP contribution is -2.53. The summed E-state index contributed by atoms with van der Waals surface area (Å²) >= 11 is 0. The van der Waals surface area contributed by atoms with E-state index in [1.165, 1.54) is 19.3 Å². The molecule has 0 aromatic heterocycles. The van der Waals surface area contributed by atoms with Crippen LogP contribution in [0, 0.1) is 0 Å². The molecule has 1 unspecified atom stereocenters. The Bertz CT molecular complexity index is 223. The molecule has 1 aliphatic heterocycles. The minimum Gasteiger partial charge on any atom is -0.336 e. The van der Waals surface area contributed by atoms with E-state index in [9.17, 15) is 4.79 Å². The van der Waals surface area contributed by atoms with Gasteiger partial charge in [0.05, 0.1) is 6.04 Å². The smallest absolute Gasteiger partial charge is 0.240 e. The monoisotopic (exact) mass is 182 g/mol. The Labute approximate surface area is 79.5 Å². The maximum absolute atomic E-state index is 11.8. The Kier molecular flexibility index (Phi) is 2.06. The van der Waals surface area contributed by atoms with Gasteiger partial charge in [0, 0.05) is 12.1 Å². The molecule has 1 N–H and O–H groups in total. The van der Waals surface area contributed by atoms with Crippen molar-refractivity contribution in [3.63, 3.8) is 0 Å². The van der Waals surface area contributed by atoms with Gasteiger partial charge in [-0.15, -0.1) is 0 Å². The SMILES string of the molecule is CNC1CCN(C2(C)CCC2)C1=O. The standard InChI is InChI=1S/C10H18N2O/c1-10(5-3-6-10)12-7-4-8(11-2)9(12)13/h8,11H,3-7H2,1-2H3. The summed E-state index contributed by atoms with van der Waals surface area (Å²) in [5.41, 5.74) is 0.197. The first-order valence-corrected chi connectivity index (χ1v) is 5.16. The molecule has 1 saturated carbocycles. The molecule has 1 amide bonds. The van der Waals surface area contributed by atoms with Gasteiger partial charge < -0.3 is 10.2 Å². The molecule has 0 radical (unpaired) electrons. The quantitative estimate of drug-likeness (QED) is 0.683. The molecule has 1 atom stereocenters. The van der Waals surface area contributed by atoms with Crippen molar-refractivity contribution in [3.05, 3.63) is 0 Å². The van der Waals surface area contributed by atoms with Gasteiger partial charge in [-0.2, -0.15) is 0 Å². The average molecular weight is 182 g/mol. The first kappa shape index (κ1) is 9.00. The summed E-state index contributed by atoms with van der Waals surface area (Å²) in [5.74, 6) is 0.310. The number of likely N-dealkylation sites (N-methyl/N-ethyl adjacent to an activating group) is 1. The van der Waals surface area contributed by atoms with E-state index >= 15 is 0 Å². The number of hydrogen-bond donors (Lipinski definition) is 1. The number of amides is 1. The maximum Gasteiger partial charge on any atom is 0.240 e. The number of hydrogen-bond acceptors (Lipinski definition) is 2. The first-order chi connectivity index (χ1) is 6.17. The third kappa shape index (κ3) is 1.26. The molecule has 3 heteroatoms. The molecule has 0 aromatic rings. The van der Waals surface area contributed by atoms with Crippen LogP contribution >= 0.6 is 0 Å². The fourth-order valence-electron chi connectivity index (χ4n) is 2.44. The predicted molar refractivity (Wildman–Crippen MR) is 51.4 cm³/mol. The largest absolute Gasteiger partial charge is 0.336 e. The number of rotatable bonds is 2. The van der Waals surface area contributed by atoms with Gasteiger partial charge in [0.25, 0.3) is 0 Å². The first-order valence-electron chi connectivity index (χ1n) is 5.16. The van der Waals surface area contributed by atoms with E-state index in [0.29, 0.717) is 5.91 Å². The van der Waals surface area contributed by atoms with Crippen LogP contribution in [0.1, 0.15) is 32.6 Å². The van der Waals surface area contributed by atoms with Crippen molar-refractivity contribution in [2.24, 2.45) is 0 Å². The van der Waals surface area contributed by atoms with Gasteiger partial charge in [-0.05, 0) is 39.7 Å². The number of carbonyl (C=O) groups excluding carboxylic acids is 1. The van der Waals surface area contributed by atoms with E-state index in [1.54, 1.807) is 0 Å². The Morgan fingerprint density at radius 3 is 2.62 bits per heavy atom. The van der Waals surface area contributed by atoms with Crippen LogP contribution in [0.15, 0.2) is 0 Å². The minimum atomic E-state index is 0.0809. The Hall–Kier alpha value is -0.570. The van der Waals surface area contributed by atoms with Crippen LogP contribution < -0.4 is 5.32 Å². The van der Waals surface area contributed by atoms with E-state index in [-0.39, 0.29) is 11.6 Å². The van der Waals surface area contributed by atoms with Crippen LogP contribution in [-0.2, 0) is 4.79 Å². The highest BCUT2D eigenvalue weighted by atomic mass is 16.2. The summed E-state index contributed by atoms with van der Waals surface area (Å²) in [6, 6.07) is 0.0809. The van der Waals surface area contributed by atoms with Gasteiger partial charge in [0.2, 0.25) is 5.91 Å². The van der Waals surface area contributed by atoms with Gasteiger partial charge in [-0.25, -0.2) is 0 Å². The molecule has 2 aliphatic rings. The van der Waals surface area contributed by atoms with Gasteiger partial charge >= 0.3 is 0 Å². The molecule has 3 nitrogen and oxygen atoms in total. The lowest BCUT2D eigenvalue weighted by Gasteiger charge is -2.46. The number of carbonyl (C=O) groups is 1. The summed E-state index contributed by atoms with van der Waals surface area (Å²) in [4.78, 5) is 13.9. The second-order valence-corrected chi connectivity index (χ2v) is 4.47. The normalized spacial score (nSPS) is 32.0.